The predicted molar refractivity (Wildman–Crippen MR) is 76.5 cm³/mol. The number of hydrogen-bond donors (Lipinski definition) is 2. The smallest absolute Gasteiger partial charge is 0.172 e. The number of halogens is 1. The summed E-state index contributed by atoms with van der Waals surface area (Å²) in [6.45, 7) is 0. The highest BCUT2D eigenvalue weighted by molar-refractivity contribution is 6.25. The van der Waals surface area contributed by atoms with Crippen molar-refractivity contribution < 1.29 is 0 Å². The quantitative estimate of drug-likeness (QED) is 0.599. The summed E-state index contributed by atoms with van der Waals surface area (Å²) in [5.74, 6) is 0. The van der Waals surface area contributed by atoms with Crippen molar-refractivity contribution in [3.05, 3.63) is 59.8 Å². The summed E-state index contributed by atoms with van der Waals surface area (Å²) in [7, 11) is 0. The SMILES string of the molecule is ClC1(c2ccc3c(c2)NC=CC=C3)C=CC=NN1. The Labute approximate surface area is 111 Å². The number of hydrazone groups is 1. The second-order valence-electron chi connectivity index (χ2n) is 4.13. The van der Waals surface area contributed by atoms with E-state index in [0.717, 1.165) is 16.8 Å². The van der Waals surface area contributed by atoms with E-state index in [1.807, 2.05) is 48.7 Å². The Bertz CT molecular complexity index is 587. The zero-order valence-corrected chi connectivity index (χ0v) is 10.4. The van der Waals surface area contributed by atoms with Gasteiger partial charge in [0.2, 0.25) is 0 Å². The van der Waals surface area contributed by atoms with Crippen LogP contribution >= 0.6 is 11.6 Å². The van der Waals surface area contributed by atoms with Crippen molar-refractivity contribution in [3.8, 4) is 0 Å². The van der Waals surface area contributed by atoms with Gasteiger partial charge in [-0.25, -0.2) is 0 Å². The summed E-state index contributed by atoms with van der Waals surface area (Å²) in [6, 6.07) is 6.07. The highest BCUT2D eigenvalue weighted by Crippen LogP contribution is 2.32. The zero-order chi connectivity index (χ0) is 12.4. The van der Waals surface area contributed by atoms with Gasteiger partial charge in [-0.15, -0.1) is 0 Å². The van der Waals surface area contributed by atoms with E-state index < -0.39 is 5.00 Å². The van der Waals surface area contributed by atoms with Crippen LogP contribution in [0.3, 0.4) is 0 Å². The van der Waals surface area contributed by atoms with Crippen molar-refractivity contribution in [1.29, 1.82) is 0 Å². The van der Waals surface area contributed by atoms with E-state index in [-0.39, 0.29) is 0 Å². The summed E-state index contributed by atoms with van der Waals surface area (Å²) < 4.78 is 0. The van der Waals surface area contributed by atoms with Gasteiger partial charge in [-0.3, -0.25) is 5.43 Å². The fourth-order valence-corrected chi connectivity index (χ4v) is 2.19. The summed E-state index contributed by atoms with van der Waals surface area (Å²) in [6.07, 6.45) is 13.3. The number of allylic oxidation sites excluding steroid dienone is 3. The first kappa shape index (κ1) is 11.1. The first-order chi connectivity index (χ1) is 8.78. The maximum atomic E-state index is 6.51. The minimum Gasteiger partial charge on any atom is -0.361 e. The maximum absolute atomic E-state index is 6.51. The highest BCUT2D eigenvalue weighted by Gasteiger charge is 2.27. The average Bonchev–Trinajstić information content (AvgIpc) is 2.64. The lowest BCUT2D eigenvalue weighted by Gasteiger charge is -2.26. The average molecular weight is 258 g/mol. The molecule has 1 aromatic carbocycles. The van der Waals surface area contributed by atoms with Crippen LogP contribution in [0, 0.1) is 0 Å². The molecule has 0 fully saturated rings. The molecule has 0 aromatic heterocycles. The molecule has 0 bridgehead atoms. The van der Waals surface area contributed by atoms with Crippen molar-refractivity contribution in [2.45, 2.75) is 5.00 Å². The molecular weight excluding hydrogens is 246 g/mol. The van der Waals surface area contributed by atoms with Gasteiger partial charge in [0.25, 0.3) is 0 Å². The summed E-state index contributed by atoms with van der Waals surface area (Å²) >= 11 is 6.51. The van der Waals surface area contributed by atoms with Crippen LogP contribution in [-0.4, -0.2) is 6.21 Å². The molecule has 2 N–H and O–H groups in total. The molecule has 2 aliphatic rings. The van der Waals surface area contributed by atoms with Gasteiger partial charge in [0, 0.05) is 23.7 Å². The van der Waals surface area contributed by atoms with Gasteiger partial charge in [0.1, 0.15) is 0 Å². The molecule has 1 aromatic rings. The molecule has 0 saturated heterocycles. The molecule has 3 nitrogen and oxygen atoms in total. The first-order valence-electron chi connectivity index (χ1n) is 5.69. The molecule has 18 heavy (non-hydrogen) atoms. The molecule has 3 rings (SSSR count). The Morgan fingerprint density at radius 1 is 1.17 bits per heavy atom. The van der Waals surface area contributed by atoms with E-state index in [2.05, 4.69) is 21.9 Å². The van der Waals surface area contributed by atoms with Crippen LogP contribution < -0.4 is 10.7 Å². The van der Waals surface area contributed by atoms with Crippen molar-refractivity contribution >= 4 is 29.6 Å². The summed E-state index contributed by atoms with van der Waals surface area (Å²) in [5, 5.41) is 7.22. The molecule has 1 atom stereocenters. The van der Waals surface area contributed by atoms with Crippen LogP contribution in [0.25, 0.3) is 6.08 Å². The van der Waals surface area contributed by atoms with Gasteiger partial charge in [0.15, 0.2) is 5.00 Å². The lowest BCUT2D eigenvalue weighted by molar-refractivity contribution is 0.588. The van der Waals surface area contributed by atoms with Gasteiger partial charge in [-0.2, -0.15) is 5.10 Å². The number of fused-ring (bicyclic) bond motifs is 1. The second kappa shape index (κ2) is 4.35. The van der Waals surface area contributed by atoms with E-state index in [1.165, 1.54) is 0 Å². The van der Waals surface area contributed by atoms with Crippen molar-refractivity contribution in [1.82, 2.24) is 5.43 Å². The van der Waals surface area contributed by atoms with Gasteiger partial charge < -0.3 is 5.32 Å². The van der Waals surface area contributed by atoms with Crippen LogP contribution in [0.2, 0.25) is 0 Å². The third kappa shape index (κ3) is 1.93. The number of rotatable bonds is 1. The lowest BCUT2D eigenvalue weighted by atomic mass is 10.0. The number of alkyl halides is 1. The third-order valence-electron chi connectivity index (χ3n) is 2.91. The summed E-state index contributed by atoms with van der Waals surface area (Å²) in [5.41, 5.74) is 6.03. The Morgan fingerprint density at radius 3 is 2.94 bits per heavy atom. The van der Waals surface area contributed by atoms with Crippen LogP contribution in [0.4, 0.5) is 5.69 Å². The van der Waals surface area contributed by atoms with Crippen LogP contribution in [0.1, 0.15) is 11.1 Å². The van der Waals surface area contributed by atoms with Gasteiger partial charge in [-0.05, 0) is 29.9 Å². The van der Waals surface area contributed by atoms with E-state index in [4.69, 9.17) is 11.6 Å². The van der Waals surface area contributed by atoms with Crippen LogP contribution in [0.15, 0.2) is 53.8 Å². The zero-order valence-electron chi connectivity index (χ0n) is 9.60. The van der Waals surface area contributed by atoms with E-state index in [9.17, 15) is 0 Å². The van der Waals surface area contributed by atoms with Crippen molar-refractivity contribution in [2.75, 3.05) is 5.32 Å². The van der Waals surface area contributed by atoms with Crippen LogP contribution in [-0.2, 0) is 5.00 Å². The number of benzene rings is 1. The third-order valence-corrected chi connectivity index (χ3v) is 3.34. The molecule has 2 heterocycles. The normalized spacial score (nSPS) is 24.1. The van der Waals surface area contributed by atoms with Gasteiger partial charge in [0.05, 0.1) is 0 Å². The number of nitrogens with zero attached hydrogens (tertiary/aromatic N) is 1. The van der Waals surface area contributed by atoms with Crippen molar-refractivity contribution in [2.24, 2.45) is 5.10 Å². The molecule has 0 amide bonds. The maximum Gasteiger partial charge on any atom is 0.172 e. The van der Waals surface area contributed by atoms with Gasteiger partial charge >= 0.3 is 0 Å². The van der Waals surface area contributed by atoms with E-state index in [1.54, 1.807) is 6.21 Å². The molecule has 0 aliphatic carbocycles. The fraction of sp³-hybridized carbons (Fsp3) is 0.0714. The minimum atomic E-state index is -0.773. The Kier molecular flexibility index (Phi) is 2.68. The second-order valence-corrected chi connectivity index (χ2v) is 4.72. The lowest BCUT2D eigenvalue weighted by Crippen LogP contribution is -2.33. The Morgan fingerprint density at radius 2 is 2.11 bits per heavy atom. The Balaban J connectivity index is 2.02. The fourth-order valence-electron chi connectivity index (χ4n) is 1.95. The largest absolute Gasteiger partial charge is 0.361 e. The molecular formula is C14H12ClN3. The predicted octanol–water partition coefficient (Wildman–Crippen LogP) is 3.18. The number of anilines is 1. The Hall–Kier alpha value is -2.00. The molecule has 2 aliphatic heterocycles. The molecule has 4 heteroatoms. The first-order valence-corrected chi connectivity index (χ1v) is 6.07. The van der Waals surface area contributed by atoms with Crippen molar-refractivity contribution in [3.63, 3.8) is 0 Å². The highest BCUT2D eigenvalue weighted by atomic mass is 35.5. The molecule has 0 saturated carbocycles. The topological polar surface area (TPSA) is 36.4 Å². The standard InChI is InChI=1S/C14H12ClN3/c15-14(7-3-9-17-18-14)12-6-5-11-4-1-2-8-16-13(11)10-12/h1-10,16,18H. The summed E-state index contributed by atoms with van der Waals surface area (Å²) in [4.78, 5) is -0.773. The number of hydrogen-bond acceptors (Lipinski definition) is 3. The molecule has 1 unspecified atom stereocenters. The monoisotopic (exact) mass is 257 g/mol. The van der Waals surface area contributed by atoms with Gasteiger partial charge in [-0.1, -0.05) is 35.9 Å². The molecule has 0 spiro atoms. The minimum absolute atomic E-state index is 0.773. The molecule has 0 radical (unpaired) electrons. The molecule has 90 valence electrons. The van der Waals surface area contributed by atoms with E-state index >= 15 is 0 Å². The van der Waals surface area contributed by atoms with Crippen LogP contribution in [0.5, 0.6) is 0 Å². The van der Waals surface area contributed by atoms with E-state index in [0.29, 0.717) is 0 Å². The number of nitrogens with one attached hydrogen (secondary N) is 2.